The highest BCUT2D eigenvalue weighted by atomic mass is 35.7. The molecule has 1 saturated heterocycles. The molecule has 1 aromatic carbocycles. The molecule has 6 nitrogen and oxygen atoms in total. The molecule has 0 radical (unpaired) electrons. The van der Waals surface area contributed by atoms with Crippen LogP contribution in [0.3, 0.4) is 0 Å². The molecule has 2 aliphatic heterocycles. The number of benzene rings is 1. The van der Waals surface area contributed by atoms with Gasteiger partial charge in [-0.2, -0.15) is 0 Å². The first-order chi connectivity index (χ1) is 9.38. The number of amides is 1. The Morgan fingerprint density at radius 1 is 1.30 bits per heavy atom. The highest BCUT2D eigenvalue weighted by Gasteiger charge is 2.39. The van der Waals surface area contributed by atoms with E-state index in [0.29, 0.717) is 16.8 Å². The van der Waals surface area contributed by atoms with Gasteiger partial charge in [0.15, 0.2) is 0 Å². The zero-order valence-electron chi connectivity index (χ0n) is 10.2. The van der Waals surface area contributed by atoms with Crippen LogP contribution in [0.5, 0.6) is 0 Å². The lowest BCUT2D eigenvalue weighted by molar-refractivity contribution is -0.117. The standard InChI is InChI=1S/C12H10ClNO5S/c13-20(17,18)7-4-11(15)14(5-7)10-3-1-2-8-9(10)6-19-12(8)16/h1-3,7H,4-6H2. The summed E-state index contributed by atoms with van der Waals surface area (Å²) >= 11 is 0. The van der Waals surface area contributed by atoms with Gasteiger partial charge in [0.2, 0.25) is 15.0 Å². The topological polar surface area (TPSA) is 80.8 Å². The van der Waals surface area contributed by atoms with E-state index in [2.05, 4.69) is 0 Å². The third kappa shape index (κ3) is 2.06. The summed E-state index contributed by atoms with van der Waals surface area (Å²) in [6.07, 6.45) is -0.149. The molecule has 0 saturated carbocycles. The fourth-order valence-corrected chi connectivity index (χ4v) is 3.51. The van der Waals surface area contributed by atoms with Crippen molar-refractivity contribution in [3.05, 3.63) is 29.3 Å². The Balaban J connectivity index is 2.00. The molecule has 0 spiro atoms. The van der Waals surface area contributed by atoms with E-state index < -0.39 is 20.3 Å². The maximum Gasteiger partial charge on any atom is 0.338 e. The summed E-state index contributed by atoms with van der Waals surface area (Å²) < 4.78 is 27.6. The van der Waals surface area contributed by atoms with Gasteiger partial charge in [-0.25, -0.2) is 13.2 Å². The number of esters is 1. The minimum Gasteiger partial charge on any atom is -0.457 e. The van der Waals surface area contributed by atoms with Gasteiger partial charge >= 0.3 is 5.97 Å². The number of carbonyl (C=O) groups excluding carboxylic acids is 2. The first kappa shape index (κ1) is 13.4. The normalized spacial score (nSPS) is 22.1. The van der Waals surface area contributed by atoms with E-state index in [4.69, 9.17) is 15.4 Å². The van der Waals surface area contributed by atoms with Crippen LogP contribution in [0.15, 0.2) is 18.2 Å². The van der Waals surface area contributed by atoms with Crippen molar-refractivity contribution in [2.75, 3.05) is 11.4 Å². The molecule has 0 aromatic heterocycles. The number of rotatable bonds is 2. The van der Waals surface area contributed by atoms with E-state index in [1.807, 2.05) is 0 Å². The monoisotopic (exact) mass is 315 g/mol. The number of hydrogen-bond acceptors (Lipinski definition) is 5. The van der Waals surface area contributed by atoms with Gasteiger partial charge in [0.05, 0.1) is 11.3 Å². The summed E-state index contributed by atoms with van der Waals surface area (Å²) in [4.78, 5) is 24.8. The lowest BCUT2D eigenvalue weighted by Gasteiger charge is -2.18. The maximum absolute atomic E-state index is 12.0. The Kier molecular flexibility index (Phi) is 2.98. The number of nitrogens with zero attached hydrogens (tertiary/aromatic N) is 1. The Hall–Kier alpha value is -1.60. The van der Waals surface area contributed by atoms with Gasteiger partial charge in [-0.3, -0.25) is 4.79 Å². The van der Waals surface area contributed by atoms with Crippen LogP contribution in [0, 0.1) is 0 Å². The summed E-state index contributed by atoms with van der Waals surface area (Å²) in [6, 6.07) is 4.92. The number of halogens is 1. The van der Waals surface area contributed by atoms with Crippen molar-refractivity contribution in [1.82, 2.24) is 0 Å². The first-order valence-corrected chi connectivity index (χ1v) is 8.28. The van der Waals surface area contributed by atoms with Gasteiger partial charge in [0, 0.05) is 29.2 Å². The largest absolute Gasteiger partial charge is 0.457 e. The van der Waals surface area contributed by atoms with Crippen molar-refractivity contribution >= 4 is 37.3 Å². The van der Waals surface area contributed by atoms with E-state index in [1.54, 1.807) is 18.2 Å². The van der Waals surface area contributed by atoms with Crippen molar-refractivity contribution < 1.29 is 22.7 Å². The van der Waals surface area contributed by atoms with Gasteiger partial charge in [0.1, 0.15) is 11.9 Å². The summed E-state index contributed by atoms with van der Waals surface area (Å²) in [5, 5.41) is -0.925. The van der Waals surface area contributed by atoms with Crippen molar-refractivity contribution in [3.8, 4) is 0 Å². The van der Waals surface area contributed by atoms with Gasteiger partial charge < -0.3 is 9.64 Å². The fourth-order valence-electron chi connectivity index (χ4n) is 2.48. The number of carbonyl (C=O) groups is 2. The quantitative estimate of drug-likeness (QED) is 0.601. The van der Waals surface area contributed by atoms with E-state index in [-0.39, 0.29) is 25.5 Å². The number of cyclic esters (lactones) is 1. The number of ether oxygens (including phenoxy) is 1. The maximum atomic E-state index is 12.0. The molecule has 1 fully saturated rings. The van der Waals surface area contributed by atoms with Crippen LogP contribution in [0.2, 0.25) is 0 Å². The molecule has 2 aliphatic rings. The van der Waals surface area contributed by atoms with Crippen LogP contribution in [-0.2, 0) is 25.2 Å². The van der Waals surface area contributed by atoms with Crippen molar-refractivity contribution in [2.45, 2.75) is 18.3 Å². The zero-order valence-corrected chi connectivity index (χ0v) is 11.8. The SMILES string of the molecule is O=C1OCc2c1cccc2N1CC(S(=O)(=O)Cl)CC1=O. The average molecular weight is 316 g/mol. The second kappa shape index (κ2) is 4.46. The summed E-state index contributed by atoms with van der Waals surface area (Å²) in [7, 11) is 1.52. The molecular formula is C12H10ClNO5S. The van der Waals surface area contributed by atoms with Gasteiger partial charge in [0.25, 0.3) is 0 Å². The second-order valence-corrected chi connectivity index (χ2v) is 7.59. The predicted molar refractivity (Wildman–Crippen MR) is 71.1 cm³/mol. The molecule has 106 valence electrons. The molecule has 1 atom stereocenters. The van der Waals surface area contributed by atoms with Gasteiger partial charge in [-0.15, -0.1) is 0 Å². The molecule has 0 aliphatic carbocycles. The number of hydrogen-bond donors (Lipinski definition) is 0. The van der Waals surface area contributed by atoms with Crippen LogP contribution >= 0.6 is 10.7 Å². The molecule has 8 heteroatoms. The van der Waals surface area contributed by atoms with Crippen LogP contribution in [0.4, 0.5) is 5.69 Å². The Morgan fingerprint density at radius 3 is 2.70 bits per heavy atom. The zero-order chi connectivity index (χ0) is 14.5. The Bertz CT molecular complexity index is 715. The minimum atomic E-state index is -3.79. The van der Waals surface area contributed by atoms with Crippen molar-refractivity contribution in [3.63, 3.8) is 0 Å². The predicted octanol–water partition coefficient (Wildman–Crippen LogP) is 1.03. The Morgan fingerprint density at radius 2 is 2.05 bits per heavy atom. The molecule has 2 heterocycles. The fraction of sp³-hybridized carbons (Fsp3) is 0.333. The molecule has 1 amide bonds. The van der Waals surface area contributed by atoms with E-state index in [0.717, 1.165) is 0 Å². The van der Waals surface area contributed by atoms with Crippen molar-refractivity contribution in [2.24, 2.45) is 0 Å². The lowest BCUT2D eigenvalue weighted by atomic mass is 10.1. The summed E-state index contributed by atoms with van der Waals surface area (Å²) in [6.45, 7) is 0.0850. The average Bonchev–Trinajstić information content (AvgIpc) is 2.93. The summed E-state index contributed by atoms with van der Waals surface area (Å²) in [5.41, 5.74) is 1.53. The smallest absolute Gasteiger partial charge is 0.338 e. The van der Waals surface area contributed by atoms with Crippen LogP contribution in [0.1, 0.15) is 22.3 Å². The second-order valence-electron chi connectivity index (χ2n) is 4.69. The number of anilines is 1. The molecule has 0 N–H and O–H groups in total. The molecule has 1 aromatic rings. The van der Waals surface area contributed by atoms with Gasteiger partial charge in [-0.05, 0) is 12.1 Å². The lowest BCUT2D eigenvalue weighted by Crippen LogP contribution is -2.27. The van der Waals surface area contributed by atoms with E-state index in [1.165, 1.54) is 4.90 Å². The highest BCUT2D eigenvalue weighted by molar-refractivity contribution is 8.14. The molecule has 1 unspecified atom stereocenters. The molecular weight excluding hydrogens is 306 g/mol. The van der Waals surface area contributed by atoms with Gasteiger partial charge in [-0.1, -0.05) is 6.07 Å². The van der Waals surface area contributed by atoms with Crippen LogP contribution < -0.4 is 4.90 Å². The first-order valence-electron chi connectivity index (χ1n) is 5.91. The third-order valence-electron chi connectivity index (χ3n) is 3.50. The van der Waals surface area contributed by atoms with Crippen LogP contribution in [-0.4, -0.2) is 32.1 Å². The molecule has 3 rings (SSSR count). The van der Waals surface area contributed by atoms with Crippen LogP contribution in [0.25, 0.3) is 0 Å². The third-order valence-corrected chi connectivity index (χ3v) is 5.37. The number of fused-ring (bicyclic) bond motifs is 1. The minimum absolute atomic E-state index is 0.00465. The van der Waals surface area contributed by atoms with E-state index >= 15 is 0 Å². The molecule has 20 heavy (non-hydrogen) atoms. The summed E-state index contributed by atoms with van der Waals surface area (Å²) in [5.74, 6) is -0.762. The Labute approximate surface area is 119 Å². The van der Waals surface area contributed by atoms with Crippen molar-refractivity contribution in [1.29, 1.82) is 0 Å². The van der Waals surface area contributed by atoms with E-state index in [9.17, 15) is 18.0 Å². The molecule has 0 bridgehead atoms. The highest BCUT2D eigenvalue weighted by Crippen LogP contribution is 2.34.